The first kappa shape index (κ1) is 14.4. The Balaban J connectivity index is 1.61. The van der Waals surface area contributed by atoms with E-state index in [1.54, 1.807) is 0 Å². The van der Waals surface area contributed by atoms with Crippen LogP contribution in [0.15, 0.2) is 42.6 Å². The standard InChI is InChI=1S/C17H20ClN3/c1-21(12-14-4-2-3-5-16(14)18)17-9-6-13(11-20-17)10-19-15-7-8-15/h2-6,9,11,15,19H,7-8,10,12H2,1H3. The Bertz CT molecular complexity index is 593. The highest BCUT2D eigenvalue weighted by molar-refractivity contribution is 6.31. The predicted molar refractivity (Wildman–Crippen MR) is 87.7 cm³/mol. The fourth-order valence-corrected chi connectivity index (χ4v) is 2.46. The van der Waals surface area contributed by atoms with Gasteiger partial charge in [-0.25, -0.2) is 4.98 Å². The topological polar surface area (TPSA) is 28.2 Å². The van der Waals surface area contributed by atoms with E-state index < -0.39 is 0 Å². The van der Waals surface area contributed by atoms with Gasteiger partial charge in [-0.2, -0.15) is 0 Å². The van der Waals surface area contributed by atoms with Crippen molar-refractivity contribution in [2.75, 3.05) is 11.9 Å². The summed E-state index contributed by atoms with van der Waals surface area (Å²) in [5.41, 5.74) is 2.35. The largest absolute Gasteiger partial charge is 0.355 e. The second kappa shape index (κ2) is 6.46. The van der Waals surface area contributed by atoms with Crippen LogP contribution in [0.4, 0.5) is 5.82 Å². The SMILES string of the molecule is CN(Cc1ccccc1Cl)c1ccc(CNC2CC2)cn1. The van der Waals surface area contributed by atoms with Gasteiger partial charge in [-0.05, 0) is 36.1 Å². The third-order valence-electron chi connectivity index (χ3n) is 3.74. The van der Waals surface area contributed by atoms with Crippen molar-refractivity contribution in [3.63, 3.8) is 0 Å². The predicted octanol–water partition coefficient (Wildman–Crippen LogP) is 3.62. The Morgan fingerprint density at radius 1 is 1.24 bits per heavy atom. The molecule has 1 fully saturated rings. The van der Waals surface area contributed by atoms with Crippen LogP contribution in [0.25, 0.3) is 0 Å². The average molecular weight is 302 g/mol. The first-order valence-electron chi connectivity index (χ1n) is 7.35. The summed E-state index contributed by atoms with van der Waals surface area (Å²) >= 11 is 6.20. The highest BCUT2D eigenvalue weighted by atomic mass is 35.5. The van der Waals surface area contributed by atoms with E-state index in [9.17, 15) is 0 Å². The van der Waals surface area contributed by atoms with Gasteiger partial charge in [0.15, 0.2) is 0 Å². The van der Waals surface area contributed by atoms with Gasteiger partial charge in [0.2, 0.25) is 0 Å². The first-order chi connectivity index (χ1) is 10.2. The molecule has 1 saturated carbocycles. The van der Waals surface area contributed by atoms with Crippen LogP contribution in [0.3, 0.4) is 0 Å². The van der Waals surface area contributed by atoms with Crippen LogP contribution in [0, 0.1) is 0 Å². The van der Waals surface area contributed by atoms with Gasteiger partial charge in [0, 0.05) is 37.4 Å². The molecule has 3 rings (SSSR count). The summed E-state index contributed by atoms with van der Waals surface area (Å²) in [6.07, 6.45) is 4.58. The number of pyridine rings is 1. The molecule has 0 aliphatic heterocycles. The summed E-state index contributed by atoms with van der Waals surface area (Å²) in [6, 6.07) is 12.9. The lowest BCUT2D eigenvalue weighted by Crippen LogP contribution is -2.19. The van der Waals surface area contributed by atoms with Gasteiger partial charge in [-0.3, -0.25) is 0 Å². The molecule has 1 heterocycles. The van der Waals surface area contributed by atoms with Crippen molar-refractivity contribution >= 4 is 17.4 Å². The summed E-state index contributed by atoms with van der Waals surface area (Å²) in [6.45, 7) is 1.67. The quantitative estimate of drug-likeness (QED) is 0.883. The molecular weight excluding hydrogens is 282 g/mol. The molecule has 1 aliphatic rings. The third kappa shape index (κ3) is 3.96. The molecule has 0 bridgehead atoms. The van der Waals surface area contributed by atoms with Gasteiger partial charge >= 0.3 is 0 Å². The zero-order chi connectivity index (χ0) is 14.7. The Hall–Kier alpha value is -1.58. The average Bonchev–Trinajstić information content (AvgIpc) is 3.32. The molecule has 0 saturated heterocycles. The van der Waals surface area contributed by atoms with Gasteiger partial charge < -0.3 is 10.2 Å². The molecule has 0 atom stereocenters. The Labute approximate surface area is 131 Å². The second-order valence-electron chi connectivity index (χ2n) is 5.63. The van der Waals surface area contributed by atoms with Crippen LogP contribution in [0.1, 0.15) is 24.0 Å². The Morgan fingerprint density at radius 3 is 2.71 bits per heavy atom. The van der Waals surface area contributed by atoms with Gasteiger partial charge in [0.25, 0.3) is 0 Å². The van der Waals surface area contributed by atoms with Gasteiger partial charge in [0.1, 0.15) is 5.82 Å². The van der Waals surface area contributed by atoms with E-state index >= 15 is 0 Å². The lowest BCUT2D eigenvalue weighted by atomic mass is 10.2. The molecule has 2 aromatic rings. The van der Waals surface area contributed by atoms with Crippen molar-refractivity contribution < 1.29 is 0 Å². The first-order valence-corrected chi connectivity index (χ1v) is 7.73. The van der Waals surface area contributed by atoms with E-state index in [1.807, 2.05) is 37.5 Å². The highest BCUT2D eigenvalue weighted by Gasteiger charge is 2.19. The molecule has 0 spiro atoms. The van der Waals surface area contributed by atoms with E-state index in [-0.39, 0.29) is 0 Å². The second-order valence-corrected chi connectivity index (χ2v) is 6.03. The number of benzene rings is 1. The van der Waals surface area contributed by atoms with Gasteiger partial charge in [0.05, 0.1) is 0 Å². The maximum Gasteiger partial charge on any atom is 0.128 e. The molecule has 4 heteroatoms. The fourth-order valence-electron chi connectivity index (χ4n) is 2.26. The van der Waals surface area contributed by atoms with Gasteiger partial charge in [-0.1, -0.05) is 35.9 Å². The van der Waals surface area contributed by atoms with Crippen LogP contribution in [0.5, 0.6) is 0 Å². The minimum Gasteiger partial charge on any atom is -0.355 e. The van der Waals surface area contributed by atoms with Crippen molar-refractivity contribution in [3.8, 4) is 0 Å². The normalized spacial score (nSPS) is 14.2. The van der Waals surface area contributed by atoms with E-state index in [1.165, 1.54) is 18.4 Å². The summed E-state index contributed by atoms with van der Waals surface area (Å²) in [4.78, 5) is 6.66. The minimum atomic E-state index is 0.729. The number of aromatic nitrogens is 1. The summed E-state index contributed by atoms with van der Waals surface area (Å²) in [5.74, 6) is 0.963. The Kier molecular flexibility index (Phi) is 4.42. The molecule has 110 valence electrons. The Morgan fingerprint density at radius 2 is 2.05 bits per heavy atom. The van der Waals surface area contributed by atoms with Crippen molar-refractivity contribution in [1.82, 2.24) is 10.3 Å². The number of halogens is 1. The molecule has 0 amide bonds. The smallest absolute Gasteiger partial charge is 0.128 e. The monoisotopic (exact) mass is 301 g/mol. The zero-order valence-electron chi connectivity index (χ0n) is 12.2. The van der Waals surface area contributed by atoms with E-state index in [0.29, 0.717) is 0 Å². The molecule has 1 aliphatic carbocycles. The molecule has 3 nitrogen and oxygen atoms in total. The number of hydrogen-bond donors (Lipinski definition) is 1. The van der Waals surface area contributed by atoms with Crippen LogP contribution < -0.4 is 10.2 Å². The molecule has 1 N–H and O–H groups in total. The number of nitrogens with zero attached hydrogens (tertiary/aromatic N) is 2. The van der Waals surface area contributed by atoms with Crippen molar-refractivity contribution in [3.05, 3.63) is 58.7 Å². The molecule has 21 heavy (non-hydrogen) atoms. The zero-order valence-corrected chi connectivity index (χ0v) is 13.0. The summed E-state index contributed by atoms with van der Waals surface area (Å²) in [5, 5.41) is 4.30. The minimum absolute atomic E-state index is 0.729. The van der Waals surface area contributed by atoms with Crippen LogP contribution in [0.2, 0.25) is 5.02 Å². The lowest BCUT2D eigenvalue weighted by Gasteiger charge is -2.19. The summed E-state index contributed by atoms with van der Waals surface area (Å²) in [7, 11) is 2.04. The highest BCUT2D eigenvalue weighted by Crippen LogP contribution is 2.21. The van der Waals surface area contributed by atoms with E-state index in [0.717, 1.165) is 35.5 Å². The molecular formula is C17H20ClN3. The van der Waals surface area contributed by atoms with E-state index in [2.05, 4.69) is 27.3 Å². The maximum absolute atomic E-state index is 6.20. The number of anilines is 1. The van der Waals surface area contributed by atoms with Crippen LogP contribution >= 0.6 is 11.6 Å². The molecule has 0 radical (unpaired) electrons. The summed E-state index contributed by atoms with van der Waals surface area (Å²) < 4.78 is 0. The lowest BCUT2D eigenvalue weighted by molar-refractivity contribution is 0.685. The molecule has 1 aromatic carbocycles. The van der Waals surface area contributed by atoms with Crippen LogP contribution in [-0.4, -0.2) is 18.1 Å². The van der Waals surface area contributed by atoms with Crippen molar-refractivity contribution in [2.24, 2.45) is 0 Å². The van der Waals surface area contributed by atoms with Gasteiger partial charge in [-0.15, -0.1) is 0 Å². The van der Waals surface area contributed by atoms with E-state index in [4.69, 9.17) is 11.6 Å². The molecule has 1 aromatic heterocycles. The number of hydrogen-bond acceptors (Lipinski definition) is 3. The third-order valence-corrected chi connectivity index (χ3v) is 4.11. The van der Waals surface area contributed by atoms with Crippen molar-refractivity contribution in [2.45, 2.75) is 32.0 Å². The number of nitrogens with one attached hydrogen (secondary N) is 1. The number of rotatable bonds is 6. The maximum atomic E-state index is 6.20. The van der Waals surface area contributed by atoms with Crippen LogP contribution in [-0.2, 0) is 13.1 Å². The van der Waals surface area contributed by atoms with Crippen molar-refractivity contribution in [1.29, 1.82) is 0 Å². The fraction of sp³-hybridized carbons (Fsp3) is 0.353. The molecule has 0 unspecified atom stereocenters.